The standard InChI is InChI=1S/C17H19NO4/c1-13(18(19)20)10-15-8-9-16(21-2)17(11-15)22-12-14-6-4-3-5-7-14/h3-9,11,13H,10,12H2,1-2H3. The molecular formula is C17H19NO4. The van der Waals surface area contributed by atoms with E-state index >= 15 is 0 Å². The Kier molecular flexibility index (Phi) is 5.36. The maximum Gasteiger partial charge on any atom is 0.214 e. The third-order valence-electron chi connectivity index (χ3n) is 3.36. The van der Waals surface area contributed by atoms with Gasteiger partial charge in [0.1, 0.15) is 6.61 Å². The van der Waals surface area contributed by atoms with E-state index in [1.165, 1.54) is 0 Å². The molecule has 2 rings (SSSR count). The Morgan fingerprint density at radius 2 is 1.82 bits per heavy atom. The molecule has 2 aromatic carbocycles. The lowest BCUT2D eigenvalue weighted by Gasteiger charge is -2.13. The first kappa shape index (κ1) is 15.8. The van der Waals surface area contributed by atoms with E-state index in [0.717, 1.165) is 11.1 Å². The van der Waals surface area contributed by atoms with Crippen LogP contribution in [0.25, 0.3) is 0 Å². The van der Waals surface area contributed by atoms with E-state index in [4.69, 9.17) is 9.47 Å². The molecular weight excluding hydrogens is 282 g/mol. The minimum Gasteiger partial charge on any atom is -0.493 e. The summed E-state index contributed by atoms with van der Waals surface area (Å²) in [6.45, 7) is 2.01. The molecule has 22 heavy (non-hydrogen) atoms. The van der Waals surface area contributed by atoms with Crippen molar-refractivity contribution < 1.29 is 14.4 Å². The summed E-state index contributed by atoms with van der Waals surface area (Å²) in [5, 5.41) is 10.8. The Balaban J connectivity index is 2.12. The highest BCUT2D eigenvalue weighted by molar-refractivity contribution is 5.43. The van der Waals surface area contributed by atoms with Crippen LogP contribution in [0.3, 0.4) is 0 Å². The topological polar surface area (TPSA) is 61.6 Å². The molecule has 0 aliphatic heterocycles. The van der Waals surface area contributed by atoms with E-state index in [0.29, 0.717) is 24.5 Å². The number of benzene rings is 2. The zero-order chi connectivity index (χ0) is 15.9. The van der Waals surface area contributed by atoms with Crippen molar-refractivity contribution in [3.63, 3.8) is 0 Å². The van der Waals surface area contributed by atoms with Crippen LogP contribution in [0.4, 0.5) is 0 Å². The van der Waals surface area contributed by atoms with Gasteiger partial charge in [-0.15, -0.1) is 0 Å². The summed E-state index contributed by atoms with van der Waals surface area (Å²) in [6.07, 6.45) is 0.360. The second-order valence-electron chi connectivity index (χ2n) is 5.10. The summed E-state index contributed by atoms with van der Waals surface area (Å²) in [7, 11) is 1.57. The molecule has 116 valence electrons. The summed E-state index contributed by atoms with van der Waals surface area (Å²) in [5.41, 5.74) is 1.90. The normalized spacial score (nSPS) is 11.7. The second-order valence-corrected chi connectivity index (χ2v) is 5.10. The van der Waals surface area contributed by atoms with E-state index in [9.17, 15) is 10.1 Å². The van der Waals surface area contributed by atoms with Crippen molar-refractivity contribution in [2.45, 2.75) is 26.0 Å². The van der Waals surface area contributed by atoms with Gasteiger partial charge in [-0.1, -0.05) is 36.4 Å². The predicted molar refractivity (Wildman–Crippen MR) is 83.9 cm³/mol. The number of ether oxygens (including phenoxy) is 2. The fourth-order valence-electron chi connectivity index (χ4n) is 2.11. The van der Waals surface area contributed by atoms with Crippen molar-refractivity contribution >= 4 is 0 Å². The lowest BCUT2D eigenvalue weighted by atomic mass is 10.1. The molecule has 1 atom stereocenters. The van der Waals surface area contributed by atoms with Crippen LogP contribution in [-0.4, -0.2) is 18.1 Å². The van der Waals surface area contributed by atoms with Crippen molar-refractivity contribution in [2.75, 3.05) is 7.11 Å². The van der Waals surface area contributed by atoms with E-state index in [1.54, 1.807) is 20.1 Å². The Labute approximate surface area is 129 Å². The van der Waals surface area contributed by atoms with Crippen molar-refractivity contribution in [1.29, 1.82) is 0 Å². The highest BCUT2D eigenvalue weighted by atomic mass is 16.6. The highest BCUT2D eigenvalue weighted by Gasteiger charge is 2.15. The third-order valence-corrected chi connectivity index (χ3v) is 3.36. The molecule has 0 saturated carbocycles. The van der Waals surface area contributed by atoms with Crippen LogP contribution in [0.2, 0.25) is 0 Å². The van der Waals surface area contributed by atoms with Crippen LogP contribution in [-0.2, 0) is 13.0 Å². The van der Waals surface area contributed by atoms with E-state index in [-0.39, 0.29) is 4.92 Å². The number of hydrogen-bond donors (Lipinski definition) is 0. The van der Waals surface area contributed by atoms with E-state index < -0.39 is 6.04 Å². The molecule has 5 nitrogen and oxygen atoms in total. The first-order valence-electron chi connectivity index (χ1n) is 7.07. The van der Waals surface area contributed by atoms with Crippen LogP contribution >= 0.6 is 0 Å². The van der Waals surface area contributed by atoms with Gasteiger partial charge < -0.3 is 9.47 Å². The summed E-state index contributed by atoms with van der Waals surface area (Å²) in [5.74, 6) is 1.22. The Morgan fingerprint density at radius 1 is 1.09 bits per heavy atom. The highest BCUT2D eigenvalue weighted by Crippen LogP contribution is 2.29. The molecule has 2 aromatic rings. The quantitative estimate of drug-likeness (QED) is 0.580. The molecule has 0 heterocycles. The number of hydrogen-bond acceptors (Lipinski definition) is 4. The maximum absolute atomic E-state index is 10.8. The Morgan fingerprint density at radius 3 is 2.45 bits per heavy atom. The first-order valence-corrected chi connectivity index (χ1v) is 7.07. The SMILES string of the molecule is COc1ccc(CC(C)[N+](=O)[O-])cc1OCc1ccccc1. The second kappa shape index (κ2) is 7.45. The van der Waals surface area contributed by atoms with Gasteiger partial charge in [0, 0.05) is 18.3 Å². The Hall–Kier alpha value is -2.56. The summed E-state index contributed by atoms with van der Waals surface area (Å²) in [4.78, 5) is 10.5. The van der Waals surface area contributed by atoms with Gasteiger partial charge in [-0.25, -0.2) is 0 Å². The van der Waals surface area contributed by atoms with Crippen molar-refractivity contribution in [3.05, 3.63) is 69.8 Å². The van der Waals surface area contributed by atoms with Gasteiger partial charge in [0.05, 0.1) is 7.11 Å². The monoisotopic (exact) mass is 301 g/mol. The van der Waals surface area contributed by atoms with Gasteiger partial charge in [-0.05, 0) is 23.3 Å². The molecule has 5 heteroatoms. The minimum atomic E-state index is -0.629. The zero-order valence-electron chi connectivity index (χ0n) is 12.7. The lowest BCUT2D eigenvalue weighted by molar-refractivity contribution is -0.517. The molecule has 0 amide bonds. The number of rotatable bonds is 7. The molecule has 0 aliphatic carbocycles. The molecule has 0 fully saturated rings. The van der Waals surface area contributed by atoms with Crippen LogP contribution < -0.4 is 9.47 Å². The van der Waals surface area contributed by atoms with E-state index in [2.05, 4.69) is 0 Å². The molecule has 0 aromatic heterocycles. The Bertz CT molecular complexity index is 628. The van der Waals surface area contributed by atoms with Crippen molar-refractivity contribution in [1.82, 2.24) is 0 Å². The lowest BCUT2D eigenvalue weighted by Crippen LogP contribution is -2.17. The van der Waals surface area contributed by atoms with Crippen LogP contribution in [0, 0.1) is 10.1 Å². The predicted octanol–water partition coefficient (Wildman–Crippen LogP) is 3.48. The van der Waals surface area contributed by atoms with Gasteiger partial charge in [-0.2, -0.15) is 0 Å². The minimum absolute atomic E-state index is 0.283. The molecule has 0 radical (unpaired) electrons. The summed E-state index contributed by atoms with van der Waals surface area (Å²) in [6, 6.07) is 14.6. The molecule has 0 N–H and O–H groups in total. The largest absolute Gasteiger partial charge is 0.493 e. The van der Waals surface area contributed by atoms with Gasteiger partial charge in [0.15, 0.2) is 11.5 Å². The third kappa shape index (κ3) is 4.22. The molecule has 0 spiro atoms. The first-order chi connectivity index (χ1) is 10.6. The van der Waals surface area contributed by atoms with Gasteiger partial charge >= 0.3 is 0 Å². The fourth-order valence-corrected chi connectivity index (χ4v) is 2.11. The van der Waals surface area contributed by atoms with Gasteiger partial charge in [-0.3, -0.25) is 10.1 Å². The van der Waals surface area contributed by atoms with Crippen molar-refractivity contribution in [2.24, 2.45) is 0 Å². The average Bonchev–Trinajstić information content (AvgIpc) is 2.54. The van der Waals surface area contributed by atoms with Crippen molar-refractivity contribution in [3.8, 4) is 11.5 Å². The van der Waals surface area contributed by atoms with Crippen LogP contribution in [0.1, 0.15) is 18.1 Å². The number of nitrogens with zero attached hydrogens (tertiary/aromatic N) is 1. The van der Waals surface area contributed by atoms with E-state index in [1.807, 2.05) is 42.5 Å². The maximum atomic E-state index is 10.8. The molecule has 1 unspecified atom stereocenters. The smallest absolute Gasteiger partial charge is 0.214 e. The van der Waals surface area contributed by atoms with Gasteiger partial charge in [0.25, 0.3) is 0 Å². The molecule has 0 saturated heterocycles. The molecule has 0 aliphatic rings. The summed E-state index contributed by atoms with van der Waals surface area (Å²) >= 11 is 0. The fraction of sp³-hybridized carbons (Fsp3) is 0.294. The van der Waals surface area contributed by atoms with Crippen LogP contribution in [0.5, 0.6) is 11.5 Å². The van der Waals surface area contributed by atoms with Gasteiger partial charge in [0.2, 0.25) is 6.04 Å². The number of nitro groups is 1. The summed E-state index contributed by atoms with van der Waals surface area (Å²) < 4.78 is 11.1. The average molecular weight is 301 g/mol. The molecule has 0 bridgehead atoms. The number of methoxy groups -OCH3 is 1. The zero-order valence-corrected chi connectivity index (χ0v) is 12.7. The van der Waals surface area contributed by atoms with Crippen LogP contribution in [0.15, 0.2) is 48.5 Å².